The Morgan fingerprint density at radius 1 is 1.09 bits per heavy atom. The van der Waals surface area contributed by atoms with Crippen molar-refractivity contribution in [3.8, 4) is 5.75 Å². The first-order valence-corrected chi connectivity index (χ1v) is 12.1. The summed E-state index contributed by atoms with van der Waals surface area (Å²) in [6, 6.07) is 13.8. The minimum Gasteiger partial charge on any atom is -0.495 e. The number of nitrogens with one attached hydrogen (secondary N) is 1. The second kappa shape index (κ2) is 9.30. The zero-order valence-corrected chi connectivity index (χ0v) is 18.8. The van der Waals surface area contributed by atoms with Gasteiger partial charge in [-0.2, -0.15) is 4.31 Å². The Balaban J connectivity index is 1.35. The van der Waals surface area contributed by atoms with Crippen LogP contribution in [0.3, 0.4) is 0 Å². The van der Waals surface area contributed by atoms with Gasteiger partial charge in [0.15, 0.2) is 0 Å². The van der Waals surface area contributed by atoms with E-state index >= 15 is 0 Å². The summed E-state index contributed by atoms with van der Waals surface area (Å²) in [5, 5.41) is 2.87. The summed E-state index contributed by atoms with van der Waals surface area (Å²) in [7, 11) is -1.90. The topological polar surface area (TPSA) is 96.0 Å². The maximum atomic E-state index is 12.7. The van der Waals surface area contributed by atoms with Gasteiger partial charge in [-0.1, -0.05) is 24.3 Å². The molecule has 8 nitrogen and oxygen atoms in total. The molecule has 4 rings (SSSR count). The number of para-hydroxylation sites is 2. The highest BCUT2D eigenvalue weighted by molar-refractivity contribution is 7.89. The number of rotatable bonds is 7. The van der Waals surface area contributed by atoms with Crippen LogP contribution in [0.5, 0.6) is 5.75 Å². The number of hydrogen-bond acceptors (Lipinski definition) is 5. The number of nitrogens with zero attached hydrogens (tertiary/aromatic N) is 2. The predicted octanol–water partition coefficient (Wildman–Crippen LogP) is 2.15. The molecule has 2 aliphatic heterocycles. The zero-order chi connectivity index (χ0) is 22.7. The van der Waals surface area contributed by atoms with Crippen LogP contribution in [0.25, 0.3) is 0 Å². The van der Waals surface area contributed by atoms with Gasteiger partial charge in [-0.25, -0.2) is 8.42 Å². The van der Waals surface area contributed by atoms with Crippen LogP contribution in [0, 0.1) is 5.92 Å². The summed E-state index contributed by atoms with van der Waals surface area (Å²) in [6.07, 6.45) is 1.92. The van der Waals surface area contributed by atoms with E-state index in [-0.39, 0.29) is 36.2 Å². The molecule has 2 heterocycles. The van der Waals surface area contributed by atoms with E-state index in [2.05, 4.69) is 5.32 Å². The summed E-state index contributed by atoms with van der Waals surface area (Å²) in [6.45, 7) is 1.68. The van der Waals surface area contributed by atoms with Gasteiger partial charge in [0, 0.05) is 32.6 Å². The summed E-state index contributed by atoms with van der Waals surface area (Å²) < 4.78 is 32.1. The van der Waals surface area contributed by atoms with Crippen LogP contribution < -0.4 is 15.0 Å². The van der Waals surface area contributed by atoms with E-state index in [0.29, 0.717) is 24.5 Å². The van der Waals surface area contributed by atoms with Gasteiger partial charge in [-0.05, 0) is 42.7 Å². The highest BCUT2D eigenvalue weighted by Crippen LogP contribution is 2.32. The number of methoxy groups -OCH3 is 1. The molecule has 1 atom stereocenters. The van der Waals surface area contributed by atoms with Gasteiger partial charge in [0.1, 0.15) is 5.75 Å². The Hall–Kier alpha value is -2.91. The van der Waals surface area contributed by atoms with Crippen molar-refractivity contribution in [2.24, 2.45) is 5.92 Å². The third-order valence-corrected chi connectivity index (χ3v) is 7.88. The third-order valence-electron chi connectivity index (χ3n) is 5.96. The maximum Gasteiger partial charge on any atom is 0.243 e. The van der Waals surface area contributed by atoms with E-state index in [4.69, 9.17) is 4.74 Å². The van der Waals surface area contributed by atoms with Gasteiger partial charge >= 0.3 is 0 Å². The van der Waals surface area contributed by atoms with Crippen molar-refractivity contribution in [2.75, 3.05) is 31.6 Å². The molecule has 0 bridgehead atoms. The van der Waals surface area contributed by atoms with Crippen molar-refractivity contribution in [3.05, 3.63) is 54.1 Å². The Morgan fingerprint density at radius 3 is 2.47 bits per heavy atom. The number of amides is 2. The van der Waals surface area contributed by atoms with Gasteiger partial charge in [-0.15, -0.1) is 0 Å². The van der Waals surface area contributed by atoms with Crippen molar-refractivity contribution in [3.63, 3.8) is 0 Å². The third kappa shape index (κ3) is 4.49. The fourth-order valence-electron chi connectivity index (χ4n) is 4.16. The molecular formula is C23H27N3O5S. The lowest BCUT2D eigenvalue weighted by Crippen LogP contribution is -2.32. The van der Waals surface area contributed by atoms with Crippen molar-refractivity contribution in [2.45, 2.75) is 30.7 Å². The Morgan fingerprint density at radius 2 is 1.78 bits per heavy atom. The Kier molecular flexibility index (Phi) is 6.48. The number of carbonyl (C=O) groups excluding carboxylic acids is 2. The zero-order valence-electron chi connectivity index (χ0n) is 18.0. The van der Waals surface area contributed by atoms with Gasteiger partial charge in [0.05, 0.1) is 23.6 Å². The smallest absolute Gasteiger partial charge is 0.243 e. The lowest BCUT2D eigenvalue weighted by Gasteiger charge is -2.19. The van der Waals surface area contributed by atoms with Crippen molar-refractivity contribution >= 4 is 27.5 Å². The first-order valence-electron chi connectivity index (χ1n) is 10.7. The van der Waals surface area contributed by atoms with Crippen LogP contribution in [0.4, 0.5) is 5.69 Å². The second-order valence-electron chi connectivity index (χ2n) is 8.05. The highest BCUT2D eigenvalue weighted by atomic mass is 32.2. The SMILES string of the molecule is COc1ccccc1N1CC(C(=O)NCc2ccc(S(=O)(=O)N3CCCC3)cc2)CC1=O. The summed E-state index contributed by atoms with van der Waals surface area (Å²) in [5.41, 5.74) is 1.45. The molecular weight excluding hydrogens is 430 g/mol. The van der Waals surface area contributed by atoms with Crippen LogP contribution in [0.2, 0.25) is 0 Å². The van der Waals surface area contributed by atoms with Gasteiger partial charge in [0.2, 0.25) is 21.8 Å². The average Bonchev–Trinajstić information content (AvgIpc) is 3.48. The van der Waals surface area contributed by atoms with E-state index in [1.54, 1.807) is 48.4 Å². The van der Waals surface area contributed by atoms with Crippen LogP contribution >= 0.6 is 0 Å². The number of sulfonamides is 1. The molecule has 0 radical (unpaired) electrons. The van der Waals surface area contributed by atoms with E-state index in [1.807, 2.05) is 12.1 Å². The molecule has 2 aromatic carbocycles. The van der Waals surface area contributed by atoms with Gasteiger partial charge < -0.3 is 15.0 Å². The standard InChI is InChI=1S/C23H27N3O5S/c1-31-21-7-3-2-6-20(21)26-16-18(14-22(26)27)23(28)24-15-17-8-10-19(11-9-17)32(29,30)25-12-4-5-13-25/h2-3,6-11,18H,4-5,12-16H2,1H3,(H,24,28). The molecule has 2 amide bonds. The normalized spacial score (nSPS) is 19.3. The number of carbonyl (C=O) groups is 2. The molecule has 0 aromatic heterocycles. The van der Waals surface area contributed by atoms with E-state index < -0.39 is 15.9 Å². The van der Waals surface area contributed by atoms with E-state index in [9.17, 15) is 18.0 Å². The number of hydrogen-bond donors (Lipinski definition) is 1. The first kappa shape index (κ1) is 22.3. The minimum absolute atomic E-state index is 0.119. The molecule has 1 unspecified atom stereocenters. The van der Waals surface area contributed by atoms with Crippen molar-refractivity contribution < 1.29 is 22.7 Å². The largest absolute Gasteiger partial charge is 0.495 e. The highest BCUT2D eigenvalue weighted by Gasteiger charge is 2.36. The van der Waals surface area contributed by atoms with Gasteiger partial charge in [-0.3, -0.25) is 9.59 Å². The summed E-state index contributed by atoms with van der Waals surface area (Å²) in [4.78, 5) is 27.0. The summed E-state index contributed by atoms with van der Waals surface area (Å²) in [5.74, 6) is -0.191. The number of benzene rings is 2. The van der Waals surface area contributed by atoms with Crippen LogP contribution in [0.15, 0.2) is 53.4 Å². The number of ether oxygens (including phenoxy) is 1. The lowest BCUT2D eigenvalue weighted by atomic mass is 10.1. The molecule has 32 heavy (non-hydrogen) atoms. The molecule has 9 heteroatoms. The monoisotopic (exact) mass is 457 g/mol. The average molecular weight is 458 g/mol. The minimum atomic E-state index is -3.45. The molecule has 2 fully saturated rings. The maximum absolute atomic E-state index is 12.7. The van der Waals surface area contributed by atoms with Crippen molar-refractivity contribution in [1.29, 1.82) is 0 Å². The fraction of sp³-hybridized carbons (Fsp3) is 0.391. The number of anilines is 1. The lowest BCUT2D eigenvalue weighted by molar-refractivity contribution is -0.126. The predicted molar refractivity (Wildman–Crippen MR) is 120 cm³/mol. The molecule has 2 aliphatic rings. The second-order valence-corrected chi connectivity index (χ2v) is 9.99. The van der Waals surface area contributed by atoms with Crippen LogP contribution in [-0.4, -0.2) is 51.3 Å². The molecule has 0 saturated carbocycles. The molecule has 0 spiro atoms. The summed E-state index contributed by atoms with van der Waals surface area (Å²) >= 11 is 0. The molecule has 2 aromatic rings. The van der Waals surface area contributed by atoms with E-state index in [0.717, 1.165) is 18.4 Å². The molecule has 170 valence electrons. The molecule has 0 aliphatic carbocycles. The Labute approximate surface area is 188 Å². The van der Waals surface area contributed by atoms with E-state index in [1.165, 1.54) is 4.31 Å². The quantitative estimate of drug-likeness (QED) is 0.687. The molecule has 1 N–H and O–H groups in total. The first-order chi connectivity index (χ1) is 15.4. The Bertz CT molecular complexity index is 1090. The van der Waals surface area contributed by atoms with Gasteiger partial charge in [0.25, 0.3) is 0 Å². The fourth-order valence-corrected chi connectivity index (χ4v) is 5.68. The van der Waals surface area contributed by atoms with Crippen LogP contribution in [0.1, 0.15) is 24.8 Å². The molecule has 2 saturated heterocycles. The van der Waals surface area contributed by atoms with Crippen molar-refractivity contribution in [1.82, 2.24) is 9.62 Å². The van der Waals surface area contributed by atoms with Crippen LogP contribution in [-0.2, 0) is 26.2 Å².